The number of H-pyrrole nitrogens is 1. The van der Waals surface area contributed by atoms with Crippen molar-refractivity contribution in [3.8, 4) is 11.5 Å². The van der Waals surface area contributed by atoms with Crippen LogP contribution in [0.3, 0.4) is 0 Å². The Bertz CT molecular complexity index is 991. The normalized spacial score (nSPS) is 15.4. The van der Waals surface area contributed by atoms with Crippen molar-refractivity contribution in [2.75, 3.05) is 6.54 Å². The van der Waals surface area contributed by atoms with E-state index < -0.39 is 0 Å². The quantitative estimate of drug-likeness (QED) is 0.446. The lowest BCUT2D eigenvalue weighted by atomic mass is 9.97. The Kier molecular flexibility index (Phi) is 5.81. The molecule has 28 heavy (non-hydrogen) atoms. The largest absolute Gasteiger partial charge is 0.411 e. The van der Waals surface area contributed by atoms with Crippen LogP contribution in [0.2, 0.25) is 0 Å². The summed E-state index contributed by atoms with van der Waals surface area (Å²) in [6.07, 6.45) is 10.0. The van der Waals surface area contributed by atoms with Crippen LogP contribution in [0, 0.1) is 0 Å². The SMILES string of the molecule is CC(Sc1nnc(-c2c[nH]c3ccccc23)o1)C(=O)NCCC1=CCCCC1. The summed E-state index contributed by atoms with van der Waals surface area (Å²) < 4.78 is 5.79. The summed E-state index contributed by atoms with van der Waals surface area (Å²) in [6.45, 7) is 2.54. The van der Waals surface area contributed by atoms with E-state index in [9.17, 15) is 4.79 Å². The predicted molar refractivity (Wildman–Crippen MR) is 111 cm³/mol. The average Bonchev–Trinajstić information content (AvgIpc) is 3.35. The molecule has 1 amide bonds. The molecule has 146 valence electrons. The van der Waals surface area contributed by atoms with Crippen molar-refractivity contribution in [3.05, 3.63) is 42.1 Å². The Balaban J connectivity index is 1.33. The minimum absolute atomic E-state index is 0.00625. The van der Waals surface area contributed by atoms with Crippen LogP contribution in [-0.2, 0) is 4.79 Å². The Hall–Kier alpha value is -2.54. The van der Waals surface area contributed by atoms with Gasteiger partial charge in [0.15, 0.2) is 0 Å². The first-order chi connectivity index (χ1) is 13.7. The lowest BCUT2D eigenvalue weighted by Crippen LogP contribution is -2.31. The number of aromatic nitrogens is 3. The van der Waals surface area contributed by atoms with Crippen LogP contribution < -0.4 is 5.32 Å². The molecule has 0 spiro atoms. The summed E-state index contributed by atoms with van der Waals surface area (Å²) in [7, 11) is 0. The fourth-order valence-electron chi connectivity index (χ4n) is 3.44. The third-order valence-electron chi connectivity index (χ3n) is 5.00. The van der Waals surface area contributed by atoms with E-state index in [0.717, 1.165) is 22.9 Å². The van der Waals surface area contributed by atoms with Crippen molar-refractivity contribution in [3.63, 3.8) is 0 Å². The van der Waals surface area contributed by atoms with Crippen molar-refractivity contribution in [1.29, 1.82) is 0 Å². The molecule has 1 atom stereocenters. The van der Waals surface area contributed by atoms with Gasteiger partial charge >= 0.3 is 0 Å². The zero-order valence-electron chi connectivity index (χ0n) is 15.9. The number of amides is 1. The number of carbonyl (C=O) groups is 1. The second-order valence-corrected chi connectivity index (χ2v) is 8.32. The number of hydrogen-bond donors (Lipinski definition) is 2. The van der Waals surface area contributed by atoms with Crippen LogP contribution >= 0.6 is 11.8 Å². The highest BCUT2D eigenvalue weighted by atomic mass is 32.2. The van der Waals surface area contributed by atoms with Crippen LogP contribution in [0.15, 0.2) is 51.8 Å². The zero-order chi connectivity index (χ0) is 19.3. The molecule has 6 nitrogen and oxygen atoms in total. The number of para-hydroxylation sites is 1. The van der Waals surface area contributed by atoms with Crippen molar-refractivity contribution in [1.82, 2.24) is 20.5 Å². The van der Waals surface area contributed by atoms with Gasteiger partial charge in [-0.1, -0.05) is 41.6 Å². The molecule has 4 rings (SSSR count). The lowest BCUT2D eigenvalue weighted by molar-refractivity contribution is -0.120. The van der Waals surface area contributed by atoms with Crippen molar-refractivity contribution >= 4 is 28.6 Å². The molecule has 1 aromatic carbocycles. The molecule has 0 fully saturated rings. The van der Waals surface area contributed by atoms with Crippen LogP contribution in [0.1, 0.15) is 39.0 Å². The first-order valence-corrected chi connectivity index (χ1v) is 10.6. The third kappa shape index (κ3) is 4.30. The van der Waals surface area contributed by atoms with Crippen molar-refractivity contribution in [2.24, 2.45) is 0 Å². The molecule has 0 radical (unpaired) electrons. The summed E-state index contributed by atoms with van der Waals surface area (Å²) in [4.78, 5) is 15.6. The fourth-order valence-corrected chi connectivity index (χ4v) is 4.15. The van der Waals surface area contributed by atoms with E-state index in [1.54, 1.807) is 0 Å². The Morgan fingerprint density at radius 1 is 1.32 bits per heavy atom. The summed E-state index contributed by atoms with van der Waals surface area (Å²) >= 11 is 1.28. The van der Waals surface area contributed by atoms with Gasteiger partial charge in [0.2, 0.25) is 5.91 Å². The molecule has 2 N–H and O–H groups in total. The average molecular weight is 397 g/mol. The number of nitrogens with zero attached hydrogens (tertiary/aromatic N) is 2. The van der Waals surface area contributed by atoms with E-state index in [4.69, 9.17) is 4.42 Å². The third-order valence-corrected chi connectivity index (χ3v) is 5.94. The Labute approximate surface area is 168 Å². The van der Waals surface area contributed by atoms with Crippen molar-refractivity contribution < 1.29 is 9.21 Å². The molecule has 0 aliphatic heterocycles. The molecule has 3 aromatic rings. The van der Waals surface area contributed by atoms with Crippen LogP contribution in [0.25, 0.3) is 22.4 Å². The van der Waals surface area contributed by atoms with E-state index >= 15 is 0 Å². The molecule has 0 bridgehead atoms. The molecule has 0 saturated carbocycles. The van der Waals surface area contributed by atoms with Crippen molar-refractivity contribution in [2.45, 2.75) is 49.5 Å². The van der Waals surface area contributed by atoms with Gasteiger partial charge in [0.25, 0.3) is 11.1 Å². The smallest absolute Gasteiger partial charge is 0.277 e. The predicted octanol–water partition coefficient (Wildman–Crippen LogP) is 4.71. The molecule has 0 saturated heterocycles. The monoisotopic (exact) mass is 396 g/mol. The number of carbonyl (C=O) groups excluding carboxylic acids is 1. The molecule has 1 unspecified atom stereocenters. The van der Waals surface area contributed by atoms with Crippen LogP contribution in [0.5, 0.6) is 0 Å². The summed E-state index contributed by atoms with van der Waals surface area (Å²) in [6, 6.07) is 7.96. The standard InChI is InChI=1S/C21H24N4O2S/c1-14(19(26)22-12-11-15-7-3-2-4-8-15)28-21-25-24-20(27-21)17-13-23-18-10-6-5-9-16(17)18/h5-7,9-10,13-14,23H,2-4,8,11-12H2,1H3,(H,22,26). The van der Waals surface area contributed by atoms with Gasteiger partial charge in [-0.15, -0.1) is 10.2 Å². The second-order valence-electron chi connectivity index (χ2n) is 7.03. The van der Waals surface area contributed by atoms with Gasteiger partial charge in [-0.05, 0) is 45.1 Å². The number of aromatic amines is 1. The topological polar surface area (TPSA) is 83.8 Å². The number of fused-ring (bicyclic) bond motifs is 1. The highest BCUT2D eigenvalue weighted by molar-refractivity contribution is 8.00. The first-order valence-electron chi connectivity index (χ1n) is 9.73. The molecule has 1 aliphatic carbocycles. The number of benzene rings is 1. The maximum Gasteiger partial charge on any atom is 0.277 e. The first kappa shape index (κ1) is 18.8. The van der Waals surface area contributed by atoms with Gasteiger partial charge in [0.1, 0.15) is 0 Å². The fraction of sp³-hybridized carbons (Fsp3) is 0.381. The molecule has 2 aromatic heterocycles. The van der Waals surface area contributed by atoms with E-state index in [0.29, 0.717) is 17.7 Å². The number of rotatable bonds is 7. The molecule has 2 heterocycles. The van der Waals surface area contributed by atoms with Gasteiger partial charge < -0.3 is 14.7 Å². The van der Waals surface area contributed by atoms with Gasteiger partial charge in [-0.3, -0.25) is 4.79 Å². The van der Waals surface area contributed by atoms with Gasteiger partial charge in [0, 0.05) is 23.6 Å². The number of thioether (sulfide) groups is 1. The van der Waals surface area contributed by atoms with Gasteiger partial charge in [0.05, 0.1) is 10.8 Å². The Morgan fingerprint density at radius 2 is 2.21 bits per heavy atom. The van der Waals surface area contributed by atoms with E-state index in [1.807, 2.05) is 37.4 Å². The van der Waals surface area contributed by atoms with Crippen LogP contribution in [-0.4, -0.2) is 32.9 Å². The summed E-state index contributed by atoms with van der Waals surface area (Å²) in [5, 5.41) is 12.4. The van der Waals surface area contributed by atoms with E-state index in [2.05, 4.69) is 26.6 Å². The van der Waals surface area contributed by atoms with E-state index in [1.165, 1.54) is 43.0 Å². The lowest BCUT2D eigenvalue weighted by Gasteiger charge is -2.14. The second kappa shape index (κ2) is 8.65. The maximum atomic E-state index is 12.4. The highest BCUT2D eigenvalue weighted by Crippen LogP contribution is 2.30. The minimum Gasteiger partial charge on any atom is -0.411 e. The number of nitrogens with one attached hydrogen (secondary N) is 2. The number of allylic oxidation sites excluding steroid dienone is 1. The molecule has 7 heteroatoms. The summed E-state index contributed by atoms with van der Waals surface area (Å²) in [5.74, 6) is 0.449. The van der Waals surface area contributed by atoms with Gasteiger partial charge in [-0.2, -0.15) is 0 Å². The van der Waals surface area contributed by atoms with E-state index in [-0.39, 0.29) is 11.2 Å². The summed E-state index contributed by atoms with van der Waals surface area (Å²) in [5.41, 5.74) is 3.35. The van der Waals surface area contributed by atoms with Crippen LogP contribution in [0.4, 0.5) is 0 Å². The molecular formula is C21H24N4O2S. The Morgan fingerprint density at radius 3 is 3.07 bits per heavy atom. The zero-order valence-corrected chi connectivity index (χ0v) is 16.7. The number of hydrogen-bond acceptors (Lipinski definition) is 5. The maximum absolute atomic E-state index is 12.4. The highest BCUT2D eigenvalue weighted by Gasteiger charge is 2.19. The molecular weight excluding hydrogens is 372 g/mol. The van der Waals surface area contributed by atoms with Gasteiger partial charge in [-0.25, -0.2) is 0 Å². The minimum atomic E-state index is -0.295. The molecule has 1 aliphatic rings.